The van der Waals surface area contributed by atoms with Gasteiger partial charge in [-0.2, -0.15) is 8.42 Å². The van der Waals surface area contributed by atoms with E-state index in [9.17, 15) is 28.0 Å². The molecule has 0 aliphatic carbocycles. The zero-order chi connectivity index (χ0) is 38.4. The highest BCUT2D eigenvalue weighted by atomic mass is 32.2. The second kappa shape index (κ2) is 38.3. The fourth-order valence-corrected chi connectivity index (χ4v) is 7.86. The summed E-state index contributed by atoms with van der Waals surface area (Å²) in [4.78, 5) is 12.6. The molecule has 0 rings (SSSR count). The average molecular weight is 758 g/mol. The Kier molecular flexibility index (Phi) is 37.6. The van der Waals surface area contributed by atoms with Crippen LogP contribution in [0.15, 0.2) is 12.2 Å². The zero-order valence-corrected chi connectivity index (χ0v) is 35.1. The van der Waals surface area contributed by atoms with Crippen molar-refractivity contribution in [3.8, 4) is 0 Å². The highest BCUT2D eigenvalue weighted by Crippen LogP contribution is 2.16. The predicted molar refractivity (Wildman–Crippen MR) is 222 cm³/mol. The van der Waals surface area contributed by atoms with Gasteiger partial charge in [-0.05, 0) is 38.5 Å². The molecule has 0 aromatic carbocycles. The molecule has 0 radical (unpaired) electrons. The maximum absolute atomic E-state index is 12.6. The fourth-order valence-electron chi connectivity index (χ4n) is 7.10. The number of aliphatic hydroxyl groups excluding tert-OH is 2. The number of carbonyl (C=O) groups is 1. The van der Waals surface area contributed by atoms with Crippen molar-refractivity contribution < 1.29 is 28.0 Å². The topological polar surface area (TPSA) is 124 Å². The van der Waals surface area contributed by atoms with E-state index in [1.807, 2.05) is 0 Å². The molecule has 3 unspecified atom stereocenters. The van der Waals surface area contributed by atoms with Gasteiger partial charge in [0, 0.05) is 0 Å². The fraction of sp³-hybridized carbons (Fsp3) is 0.932. The second-order valence-corrected chi connectivity index (χ2v) is 17.3. The zero-order valence-electron chi connectivity index (χ0n) is 34.3. The van der Waals surface area contributed by atoms with Gasteiger partial charge in [0.05, 0.1) is 17.9 Å². The molecule has 0 spiro atoms. The molecular formula is C44H87NO6S. The molecule has 0 aliphatic rings. The Morgan fingerprint density at radius 1 is 0.500 bits per heavy atom. The summed E-state index contributed by atoms with van der Waals surface area (Å²) < 4.78 is 32.6. The molecule has 1 amide bonds. The Balaban J connectivity index is 3.91. The lowest BCUT2D eigenvalue weighted by Crippen LogP contribution is -2.50. The third kappa shape index (κ3) is 37.4. The Labute approximate surface area is 323 Å². The highest BCUT2D eigenvalue weighted by molar-refractivity contribution is 7.85. The van der Waals surface area contributed by atoms with Crippen LogP contribution in [0.2, 0.25) is 0 Å². The third-order valence-electron chi connectivity index (χ3n) is 10.6. The van der Waals surface area contributed by atoms with E-state index >= 15 is 0 Å². The smallest absolute Gasteiger partial charge is 0.266 e. The molecule has 0 heterocycles. The number of rotatable bonds is 41. The summed E-state index contributed by atoms with van der Waals surface area (Å²) in [5.74, 6) is -1.45. The number of nitrogens with one attached hydrogen (secondary N) is 1. The van der Waals surface area contributed by atoms with Crippen molar-refractivity contribution in [1.82, 2.24) is 5.32 Å². The normalized spacial score (nSPS) is 13.9. The quantitative estimate of drug-likeness (QED) is 0.0280. The van der Waals surface area contributed by atoms with Crippen molar-refractivity contribution in [3.63, 3.8) is 0 Å². The SMILES string of the molecule is CCCCCCCCCCCC/C=C\CCCCCCCCC(O)C(=O)NC(CS(=O)(=O)O)C(O)CCCCCCCCCCCCCCCCC. The van der Waals surface area contributed by atoms with Gasteiger partial charge in [0.25, 0.3) is 10.1 Å². The summed E-state index contributed by atoms with van der Waals surface area (Å²) in [6.45, 7) is 4.52. The van der Waals surface area contributed by atoms with Gasteiger partial charge in [-0.25, -0.2) is 0 Å². The summed E-state index contributed by atoms with van der Waals surface area (Å²) in [7, 11) is -4.41. The molecule has 3 atom stereocenters. The molecule has 0 bridgehead atoms. The molecular weight excluding hydrogens is 671 g/mol. The summed E-state index contributed by atoms with van der Waals surface area (Å²) >= 11 is 0. The standard InChI is InChI=1S/C44H87NO6S/c1-3-5-7-9-11-13-15-17-19-20-21-22-23-25-27-29-31-33-35-37-39-43(47)44(48)45-41(40-52(49,50)51)42(46)38-36-34-32-30-28-26-24-18-16-14-12-10-8-6-4-2/h22-23,41-43,46-47H,3-21,24-40H2,1-2H3,(H,45,48)(H,49,50,51)/b23-22-. The molecule has 0 saturated heterocycles. The third-order valence-corrected chi connectivity index (χ3v) is 11.4. The summed E-state index contributed by atoms with van der Waals surface area (Å²) in [6.07, 6.45) is 43.7. The molecule has 310 valence electrons. The van der Waals surface area contributed by atoms with Crippen molar-refractivity contribution in [2.24, 2.45) is 0 Å². The second-order valence-electron chi connectivity index (χ2n) is 15.8. The van der Waals surface area contributed by atoms with Gasteiger partial charge in [-0.3, -0.25) is 9.35 Å². The number of hydrogen-bond acceptors (Lipinski definition) is 5. The van der Waals surface area contributed by atoms with E-state index in [0.29, 0.717) is 19.3 Å². The van der Waals surface area contributed by atoms with E-state index in [2.05, 4.69) is 31.3 Å². The maximum atomic E-state index is 12.6. The molecule has 0 saturated carbocycles. The first-order valence-corrected chi connectivity index (χ1v) is 24.1. The lowest BCUT2D eigenvalue weighted by atomic mass is 10.0. The maximum Gasteiger partial charge on any atom is 0.266 e. The first kappa shape index (κ1) is 51.0. The first-order valence-electron chi connectivity index (χ1n) is 22.5. The van der Waals surface area contributed by atoms with Gasteiger partial charge in [0.2, 0.25) is 5.91 Å². The lowest BCUT2D eigenvalue weighted by molar-refractivity contribution is -0.131. The van der Waals surface area contributed by atoms with Crippen molar-refractivity contribution in [2.75, 3.05) is 5.75 Å². The summed E-state index contributed by atoms with van der Waals surface area (Å²) in [6, 6.07) is -1.15. The molecule has 0 aromatic rings. The molecule has 4 N–H and O–H groups in total. The van der Waals surface area contributed by atoms with Gasteiger partial charge >= 0.3 is 0 Å². The van der Waals surface area contributed by atoms with Gasteiger partial charge in [-0.15, -0.1) is 0 Å². The van der Waals surface area contributed by atoms with Crippen LogP contribution < -0.4 is 5.32 Å². The van der Waals surface area contributed by atoms with E-state index in [-0.39, 0.29) is 0 Å². The van der Waals surface area contributed by atoms with E-state index < -0.39 is 40.0 Å². The van der Waals surface area contributed by atoms with Crippen LogP contribution in [0.4, 0.5) is 0 Å². The molecule has 8 heteroatoms. The number of allylic oxidation sites excluding steroid dienone is 2. The molecule has 7 nitrogen and oxygen atoms in total. The van der Waals surface area contributed by atoms with E-state index in [0.717, 1.165) is 51.4 Å². The lowest BCUT2D eigenvalue weighted by Gasteiger charge is -2.24. The van der Waals surface area contributed by atoms with E-state index in [4.69, 9.17) is 0 Å². The minimum Gasteiger partial charge on any atom is -0.391 e. The van der Waals surface area contributed by atoms with Crippen LogP contribution in [-0.2, 0) is 14.9 Å². The Hall–Kier alpha value is -0.960. The van der Waals surface area contributed by atoms with Crippen molar-refractivity contribution >= 4 is 16.0 Å². The van der Waals surface area contributed by atoms with Crippen LogP contribution in [-0.4, -0.2) is 53.1 Å². The summed E-state index contributed by atoms with van der Waals surface area (Å²) in [5.41, 5.74) is 0. The minimum atomic E-state index is -4.41. The number of amides is 1. The Morgan fingerprint density at radius 2 is 0.808 bits per heavy atom. The van der Waals surface area contributed by atoms with Crippen LogP contribution in [0.3, 0.4) is 0 Å². The van der Waals surface area contributed by atoms with Crippen LogP contribution >= 0.6 is 0 Å². The van der Waals surface area contributed by atoms with Crippen LogP contribution in [0.1, 0.15) is 239 Å². The number of unbranched alkanes of at least 4 members (excludes halogenated alkanes) is 30. The highest BCUT2D eigenvalue weighted by Gasteiger charge is 2.28. The van der Waals surface area contributed by atoms with Gasteiger partial charge in [0.15, 0.2) is 0 Å². The largest absolute Gasteiger partial charge is 0.391 e. The van der Waals surface area contributed by atoms with E-state index in [1.165, 1.54) is 154 Å². The van der Waals surface area contributed by atoms with Crippen LogP contribution in [0.5, 0.6) is 0 Å². The van der Waals surface area contributed by atoms with Crippen LogP contribution in [0.25, 0.3) is 0 Å². The van der Waals surface area contributed by atoms with Gasteiger partial charge in [0.1, 0.15) is 6.10 Å². The first-order chi connectivity index (χ1) is 25.2. The number of hydrogen-bond donors (Lipinski definition) is 4. The average Bonchev–Trinajstić information content (AvgIpc) is 3.11. The van der Waals surface area contributed by atoms with Crippen molar-refractivity contribution in [1.29, 1.82) is 0 Å². The van der Waals surface area contributed by atoms with Gasteiger partial charge < -0.3 is 15.5 Å². The Morgan fingerprint density at radius 3 is 1.15 bits per heavy atom. The Bertz CT molecular complexity index is 895. The monoisotopic (exact) mass is 758 g/mol. The van der Waals surface area contributed by atoms with E-state index in [1.54, 1.807) is 0 Å². The molecule has 0 fully saturated rings. The van der Waals surface area contributed by atoms with Crippen molar-refractivity contribution in [2.45, 2.75) is 257 Å². The predicted octanol–water partition coefficient (Wildman–Crippen LogP) is 12.3. The summed E-state index contributed by atoms with van der Waals surface area (Å²) in [5, 5.41) is 23.6. The minimum absolute atomic E-state index is 0.293. The number of carbonyl (C=O) groups excluding carboxylic acids is 1. The molecule has 0 aromatic heterocycles. The molecule has 52 heavy (non-hydrogen) atoms. The number of aliphatic hydroxyl groups is 2. The van der Waals surface area contributed by atoms with Crippen LogP contribution in [0, 0.1) is 0 Å². The van der Waals surface area contributed by atoms with Gasteiger partial charge in [-0.1, -0.05) is 212 Å². The molecule has 0 aliphatic heterocycles. The van der Waals surface area contributed by atoms with Crippen molar-refractivity contribution in [3.05, 3.63) is 12.2 Å².